The zero-order valence-electron chi connectivity index (χ0n) is 14.7. The van der Waals surface area contributed by atoms with Gasteiger partial charge in [-0.2, -0.15) is 0 Å². The standard InChI is InChI=1S/C21H21N3O2/c1-26-18-10-6-5-9-17(18)21(11-12-21)20(25)23-15-19-22-13-14-24(19)16-7-3-2-4-8-16/h2-10,13-14H,11-12,15H2,1H3,(H,23,25). The molecule has 0 atom stereocenters. The van der Waals surface area contributed by atoms with Crippen LogP contribution < -0.4 is 10.1 Å². The number of ether oxygens (including phenoxy) is 1. The third-order valence-electron chi connectivity index (χ3n) is 4.97. The molecule has 1 heterocycles. The van der Waals surface area contributed by atoms with E-state index in [9.17, 15) is 4.79 Å². The van der Waals surface area contributed by atoms with Gasteiger partial charge in [-0.25, -0.2) is 4.98 Å². The molecule has 0 saturated heterocycles. The van der Waals surface area contributed by atoms with Crippen LogP contribution in [0.15, 0.2) is 67.0 Å². The Morgan fingerprint density at radius 1 is 1.15 bits per heavy atom. The topological polar surface area (TPSA) is 56.1 Å². The minimum Gasteiger partial charge on any atom is -0.496 e. The molecular weight excluding hydrogens is 326 g/mol. The predicted molar refractivity (Wildman–Crippen MR) is 99.3 cm³/mol. The molecule has 0 spiro atoms. The SMILES string of the molecule is COc1ccccc1C1(C(=O)NCc2nccn2-c2ccccc2)CC1. The van der Waals surface area contributed by atoms with Crippen LogP contribution in [0.5, 0.6) is 5.75 Å². The Bertz CT molecular complexity index is 914. The van der Waals surface area contributed by atoms with E-state index in [4.69, 9.17) is 4.74 Å². The molecule has 1 aliphatic carbocycles. The van der Waals surface area contributed by atoms with Crippen LogP contribution in [0.3, 0.4) is 0 Å². The van der Waals surface area contributed by atoms with Gasteiger partial charge in [0.2, 0.25) is 5.91 Å². The summed E-state index contributed by atoms with van der Waals surface area (Å²) in [5.74, 6) is 1.61. The summed E-state index contributed by atoms with van der Waals surface area (Å²) >= 11 is 0. The number of benzene rings is 2. The van der Waals surface area contributed by atoms with E-state index in [-0.39, 0.29) is 5.91 Å². The van der Waals surface area contributed by atoms with Crippen molar-refractivity contribution in [1.29, 1.82) is 0 Å². The first-order valence-corrected chi connectivity index (χ1v) is 8.74. The quantitative estimate of drug-likeness (QED) is 0.745. The lowest BCUT2D eigenvalue weighted by Crippen LogP contribution is -2.35. The fourth-order valence-electron chi connectivity index (χ4n) is 3.40. The molecule has 4 rings (SSSR count). The van der Waals surface area contributed by atoms with Gasteiger partial charge in [0.05, 0.1) is 19.1 Å². The second-order valence-electron chi connectivity index (χ2n) is 6.51. The van der Waals surface area contributed by atoms with Crippen LogP contribution in [-0.4, -0.2) is 22.6 Å². The average molecular weight is 347 g/mol. The Labute approximate surface area is 152 Å². The summed E-state index contributed by atoms with van der Waals surface area (Å²) in [7, 11) is 1.64. The average Bonchev–Trinajstić information content (AvgIpc) is 3.38. The number of amides is 1. The van der Waals surface area contributed by atoms with Crippen molar-refractivity contribution in [3.05, 3.63) is 78.4 Å². The number of methoxy groups -OCH3 is 1. The number of rotatable bonds is 6. The van der Waals surface area contributed by atoms with Gasteiger partial charge in [0, 0.05) is 23.6 Å². The van der Waals surface area contributed by atoms with E-state index in [2.05, 4.69) is 10.3 Å². The molecule has 0 bridgehead atoms. The maximum atomic E-state index is 12.9. The van der Waals surface area contributed by atoms with Crippen molar-refractivity contribution in [1.82, 2.24) is 14.9 Å². The van der Waals surface area contributed by atoms with Crippen LogP contribution in [0.2, 0.25) is 0 Å². The van der Waals surface area contributed by atoms with Crippen LogP contribution in [0.4, 0.5) is 0 Å². The number of nitrogens with one attached hydrogen (secondary N) is 1. The van der Waals surface area contributed by atoms with Gasteiger partial charge in [-0.3, -0.25) is 4.79 Å². The number of aromatic nitrogens is 2. The normalized spacial score (nSPS) is 14.7. The Morgan fingerprint density at radius 3 is 2.62 bits per heavy atom. The van der Waals surface area contributed by atoms with Gasteiger partial charge in [0.15, 0.2) is 0 Å². The van der Waals surface area contributed by atoms with Crippen LogP contribution in [-0.2, 0) is 16.8 Å². The Morgan fingerprint density at radius 2 is 1.88 bits per heavy atom. The molecule has 1 N–H and O–H groups in total. The highest BCUT2D eigenvalue weighted by Gasteiger charge is 2.52. The molecule has 1 aromatic heterocycles. The van der Waals surface area contributed by atoms with Gasteiger partial charge >= 0.3 is 0 Å². The van der Waals surface area contributed by atoms with Crippen molar-refractivity contribution in [3.63, 3.8) is 0 Å². The third kappa shape index (κ3) is 2.86. The lowest BCUT2D eigenvalue weighted by Gasteiger charge is -2.18. The van der Waals surface area contributed by atoms with Crippen molar-refractivity contribution in [3.8, 4) is 11.4 Å². The maximum Gasteiger partial charge on any atom is 0.231 e. The smallest absolute Gasteiger partial charge is 0.231 e. The molecule has 1 fully saturated rings. The molecule has 26 heavy (non-hydrogen) atoms. The van der Waals surface area contributed by atoms with E-state index in [1.165, 1.54) is 0 Å². The number of carbonyl (C=O) groups excluding carboxylic acids is 1. The first-order chi connectivity index (χ1) is 12.7. The number of imidazole rings is 1. The molecule has 5 heteroatoms. The molecule has 1 saturated carbocycles. The van der Waals surface area contributed by atoms with Crippen molar-refractivity contribution in [2.45, 2.75) is 24.8 Å². The summed E-state index contributed by atoms with van der Waals surface area (Å²) < 4.78 is 7.44. The number of nitrogens with zero attached hydrogens (tertiary/aromatic N) is 2. The van der Waals surface area contributed by atoms with E-state index >= 15 is 0 Å². The first kappa shape index (κ1) is 16.4. The molecular formula is C21H21N3O2. The highest BCUT2D eigenvalue weighted by molar-refractivity contribution is 5.92. The molecule has 3 aromatic rings. The lowest BCUT2D eigenvalue weighted by molar-refractivity contribution is -0.123. The van der Waals surface area contributed by atoms with Crippen LogP contribution in [0, 0.1) is 0 Å². The highest BCUT2D eigenvalue weighted by atomic mass is 16.5. The van der Waals surface area contributed by atoms with Crippen LogP contribution in [0.25, 0.3) is 5.69 Å². The fourth-order valence-corrected chi connectivity index (χ4v) is 3.40. The van der Waals surface area contributed by atoms with E-state index in [0.717, 1.165) is 35.7 Å². The van der Waals surface area contributed by atoms with Crippen molar-refractivity contribution < 1.29 is 9.53 Å². The van der Waals surface area contributed by atoms with Gasteiger partial charge in [-0.05, 0) is 31.0 Å². The highest BCUT2D eigenvalue weighted by Crippen LogP contribution is 2.51. The van der Waals surface area contributed by atoms with Gasteiger partial charge in [0.1, 0.15) is 11.6 Å². The summed E-state index contributed by atoms with van der Waals surface area (Å²) in [6, 6.07) is 17.7. The van der Waals surface area contributed by atoms with Crippen LogP contribution in [0.1, 0.15) is 24.2 Å². The summed E-state index contributed by atoms with van der Waals surface area (Å²) in [4.78, 5) is 17.3. The maximum absolute atomic E-state index is 12.9. The summed E-state index contributed by atoms with van der Waals surface area (Å²) in [6.07, 6.45) is 5.34. The Balaban J connectivity index is 1.51. The van der Waals surface area contributed by atoms with Gasteiger partial charge < -0.3 is 14.6 Å². The number of hydrogen-bond donors (Lipinski definition) is 1. The molecule has 2 aromatic carbocycles. The second kappa shape index (κ2) is 6.67. The summed E-state index contributed by atoms with van der Waals surface area (Å²) in [5, 5.41) is 3.07. The van der Waals surface area contributed by atoms with E-state index < -0.39 is 5.41 Å². The van der Waals surface area contributed by atoms with E-state index in [0.29, 0.717) is 6.54 Å². The molecule has 132 valence electrons. The largest absolute Gasteiger partial charge is 0.496 e. The minimum atomic E-state index is -0.475. The lowest BCUT2D eigenvalue weighted by atomic mass is 9.94. The van der Waals surface area contributed by atoms with Crippen molar-refractivity contribution in [2.75, 3.05) is 7.11 Å². The Hall–Kier alpha value is -3.08. The monoisotopic (exact) mass is 347 g/mol. The molecule has 0 radical (unpaired) electrons. The zero-order valence-corrected chi connectivity index (χ0v) is 14.7. The Kier molecular flexibility index (Phi) is 4.21. The predicted octanol–water partition coefficient (Wildman–Crippen LogP) is 3.23. The minimum absolute atomic E-state index is 0.0320. The van der Waals surface area contributed by atoms with Gasteiger partial charge in [0.25, 0.3) is 0 Å². The number of carbonyl (C=O) groups is 1. The third-order valence-corrected chi connectivity index (χ3v) is 4.97. The fraction of sp³-hybridized carbons (Fsp3) is 0.238. The van der Waals surface area contributed by atoms with Gasteiger partial charge in [-0.1, -0.05) is 36.4 Å². The molecule has 1 aliphatic rings. The van der Waals surface area contributed by atoms with Crippen molar-refractivity contribution in [2.24, 2.45) is 0 Å². The van der Waals surface area contributed by atoms with E-state index in [1.54, 1.807) is 13.3 Å². The molecule has 0 unspecified atom stereocenters. The first-order valence-electron chi connectivity index (χ1n) is 8.74. The zero-order chi connectivity index (χ0) is 18.0. The molecule has 0 aliphatic heterocycles. The number of para-hydroxylation sites is 2. The molecule has 5 nitrogen and oxygen atoms in total. The van der Waals surface area contributed by atoms with Crippen LogP contribution >= 0.6 is 0 Å². The molecule has 1 amide bonds. The van der Waals surface area contributed by atoms with E-state index in [1.807, 2.05) is 65.4 Å². The summed E-state index contributed by atoms with van der Waals surface area (Å²) in [6.45, 7) is 0.387. The summed E-state index contributed by atoms with van der Waals surface area (Å²) in [5.41, 5.74) is 1.52. The van der Waals surface area contributed by atoms with Crippen molar-refractivity contribution >= 4 is 5.91 Å². The number of hydrogen-bond acceptors (Lipinski definition) is 3. The second-order valence-corrected chi connectivity index (χ2v) is 6.51. The van der Waals surface area contributed by atoms with Gasteiger partial charge in [-0.15, -0.1) is 0 Å².